The predicted octanol–water partition coefficient (Wildman–Crippen LogP) is 0.841. The maximum Gasteiger partial charge on any atom is 0.269 e. The Morgan fingerprint density at radius 3 is 2.10 bits per heavy atom. The van der Waals surface area contributed by atoms with Gasteiger partial charge in [0.05, 0.1) is 4.90 Å². The highest BCUT2D eigenvalue weighted by Crippen LogP contribution is 2.19. The SMILES string of the molecule is Cc1ccc(C#Cc2ccc(S(=O)(=O)N(CCCO)[C@@H](C=O)C(=O)NO)cc2)cc1. The lowest BCUT2D eigenvalue weighted by molar-refractivity contribution is -0.136. The van der Waals surface area contributed by atoms with Gasteiger partial charge >= 0.3 is 0 Å². The van der Waals surface area contributed by atoms with Gasteiger partial charge in [-0.05, 0) is 49.7 Å². The molecule has 0 heterocycles. The molecule has 2 aromatic carbocycles. The average molecular weight is 430 g/mol. The van der Waals surface area contributed by atoms with Gasteiger partial charge in [-0.25, -0.2) is 13.9 Å². The number of benzene rings is 2. The number of carbonyl (C=O) groups is 2. The zero-order valence-corrected chi connectivity index (χ0v) is 17.1. The van der Waals surface area contributed by atoms with Crippen LogP contribution in [-0.2, 0) is 19.6 Å². The predicted molar refractivity (Wildman–Crippen MR) is 109 cm³/mol. The van der Waals surface area contributed by atoms with Crippen LogP contribution in [0.15, 0.2) is 53.4 Å². The molecule has 0 fully saturated rings. The number of hydrogen-bond donors (Lipinski definition) is 3. The van der Waals surface area contributed by atoms with E-state index in [0.29, 0.717) is 9.87 Å². The Morgan fingerprint density at radius 2 is 1.63 bits per heavy atom. The summed E-state index contributed by atoms with van der Waals surface area (Å²) in [5.74, 6) is 4.73. The highest BCUT2D eigenvalue weighted by atomic mass is 32.2. The molecule has 3 N–H and O–H groups in total. The van der Waals surface area contributed by atoms with Crippen molar-refractivity contribution in [2.75, 3.05) is 13.2 Å². The lowest BCUT2D eigenvalue weighted by Gasteiger charge is -2.25. The van der Waals surface area contributed by atoms with Crippen molar-refractivity contribution in [3.8, 4) is 11.8 Å². The monoisotopic (exact) mass is 430 g/mol. The summed E-state index contributed by atoms with van der Waals surface area (Å²) in [5, 5.41) is 17.8. The van der Waals surface area contributed by atoms with Crippen molar-refractivity contribution >= 4 is 22.2 Å². The second-order valence-corrected chi connectivity index (χ2v) is 8.28. The van der Waals surface area contributed by atoms with E-state index in [1.165, 1.54) is 29.7 Å². The van der Waals surface area contributed by atoms with Crippen molar-refractivity contribution in [1.82, 2.24) is 9.79 Å². The molecule has 158 valence electrons. The normalized spacial score (nSPS) is 12.0. The first-order valence-electron chi connectivity index (χ1n) is 9.04. The van der Waals surface area contributed by atoms with E-state index in [4.69, 9.17) is 10.3 Å². The van der Waals surface area contributed by atoms with Gasteiger partial charge in [0.25, 0.3) is 5.91 Å². The van der Waals surface area contributed by atoms with E-state index < -0.39 is 22.0 Å². The zero-order valence-electron chi connectivity index (χ0n) is 16.3. The Kier molecular flexibility index (Phi) is 8.26. The number of nitrogens with zero attached hydrogens (tertiary/aromatic N) is 1. The van der Waals surface area contributed by atoms with Gasteiger partial charge in [-0.1, -0.05) is 29.5 Å². The summed E-state index contributed by atoms with van der Waals surface area (Å²) in [6.45, 7) is 1.34. The smallest absolute Gasteiger partial charge is 0.269 e. The van der Waals surface area contributed by atoms with Crippen LogP contribution in [0.4, 0.5) is 0 Å². The van der Waals surface area contributed by atoms with E-state index in [2.05, 4.69) is 11.8 Å². The van der Waals surface area contributed by atoms with Gasteiger partial charge in [0.15, 0.2) is 6.04 Å². The van der Waals surface area contributed by atoms with Crippen LogP contribution in [0.5, 0.6) is 0 Å². The standard InChI is InChI=1S/C21H22N2O6S/c1-16-3-5-17(6-4-16)7-8-18-9-11-19(12-10-18)30(28,29)23(13-2-14-24)20(15-25)21(26)22-27/h3-6,9-12,15,20,24,27H,2,13-14H2,1H3,(H,22,26)/t20-/m0/s1. The number of aliphatic hydroxyl groups excluding tert-OH is 1. The molecule has 0 saturated heterocycles. The van der Waals surface area contributed by atoms with Crippen LogP contribution in [0.3, 0.4) is 0 Å². The minimum Gasteiger partial charge on any atom is -0.396 e. The first-order valence-corrected chi connectivity index (χ1v) is 10.5. The van der Waals surface area contributed by atoms with Crippen LogP contribution >= 0.6 is 0 Å². The fourth-order valence-corrected chi connectivity index (χ4v) is 4.15. The van der Waals surface area contributed by atoms with Crippen LogP contribution in [0.25, 0.3) is 0 Å². The summed E-state index contributed by atoms with van der Waals surface area (Å²) < 4.78 is 26.6. The Bertz CT molecular complexity index is 1040. The summed E-state index contributed by atoms with van der Waals surface area (Å²) in [4.78, 5) is 22.9. The van der Waals surface area contributed by atoms with E-state index >= 15 is 0 Å². The Hall–Kier alpha value is -3.03. The minimum atomic E-state index is -4.26. The van der Waals surface area contributed by atoms with Crippen molar-refractivity contribution in [2.24, 2.45) is 0 Å². The van der Waals surface area contributed by atoms with Gasteiger partial charge in [0, 0.05) is 24.3 Å². The number of aldehydes is 1. The third kappa shape index (κ3) is 5.75. The number of sulfonamides is 1. The molecule has 0 aromatic heterocycles. The molecule has 0 saturated carbocycles. The largest absolute Gasteiger partial charge is 0.396 e. The van der Waals surface area contributed by atoms with E-state index in [0.717, 1.165) is 11.1 Å². The van der Waals surface area contributed by atoms with Crippen LogP contribution < -0.4 is 5.48 Å². The summed E-state index contributed by atoms with van der Waals surface area (Å²) >= 11 is 0. The van der Waals surface area contributed by atoms with E-state index in [-0.39, 0.29) is 30.8 Å². The van der Waals surface area contributed by atoms with Gasteiger partial charge in [-0.15, -0.1) is 0 Å². The summed E-state index contributed by atoms with van der Waals surface area (Å²) in [6.07, 6.45) is 0.115. The number of amides is 1. The molecule has 2 rings (SSSR count). The molecule has 0 radical (unpaired) electrons. The molecule has 0 aliphatic heterocycles. The molecule has 1 atom stereocenters. The molecule has 0 bridgehead atoms. The van der Waals surface area contributed by atoms with Gasteiger partial charge in [0.2, 0.25) is 10.0 Å². The molecule has 1 amide bonds. The van der Waals surface area contributed by atoms with Gasteiger partial charge in [-0.2, -0.15) is 4.31 Å². The fourth-order valence-electron chi connectivity index (χ4n) is 2.59. The molecule has 2 aromatic rings. The number of hydroxylamine groups is 1. The quantitative estimate of drug-likeness (QED) is 0.187. The van der Waals surface area contributed by atoms with Gasteiger partial charge in [0.1, 0.15) is 6.29 Å². The molecule has 8 nitrogen and oxygen atoms in total. The minimum absolute atomic E-state index is 0.00237. The van der Waals surface area contributed by atoms with E-state index in [1.807, 2.05) is 31.2 Å². The first-order chi connectivity index (χ1) is 14.3. The number of aryl methyl sites for hydroxylation is 1. The summed E-state index contributed by atoms with van der Waals surface area (Å²) in [5.41, 5.74) is 3.80. The number of nitrogens with one attached hydrogen (secondary N) is 1. The highest BCUT2D eigenvalue weighted by molar-refractivity contribution is 7.89. The van der Waals surface area contributed by atoms with Crippen molar-refractivity contribution in [1.29, 1.82) is 0 Å². The van der Waals surface area contributed by atoms with Crippen molar-refractivity contribution < 1.29 is 28.3 Å². The Labute approximate surface area is 175 Å². The maximum absolute atomic E-state index is 13.0. The van der Waals surface area contributed by atoms with Crippen LogP contribution in [0.1, 0.15) is 23.1 Å². The second kappa shape index (κ2) is 10.7. The van der Waals surface area contributed by atoms with Gasteiger partial charge < -0.3 is 9.90 Å². The number of aliphatic hydroxyl groups is 1. The van der Waals surface area contributed by atoms with E-state index in [1.54, 1.807) is 0 Å². The molecular formula is C21H22N2O6S. The second-order valence-electron chi connectivity index (χ2n) is 6.39. The first kappa shape index (κ1) is 23.3. The summed E-state index contributed by atoms with van der Waals surface area (Å²) in [6, 6.07) is 11.5. The molecule has 9 heteroatoms. The molecule has 0 aliphatic carbocycles. The average Bonchev–Trinajstić information content (AvgIpc) is 2.76. The van der Waals surface area contributed by atoms with Crippen molar-refractivity contribution in [3.05, 3.63) is 65.2 Å². The van der Waals surface area contributed by atoms with Crippen LogP contribution in [-0.4, -0.2) is 54.4 Å². The Morgan fingerprint density at radius 1 is 1.10 bits per heavy atom. The molecule has 0 unspecified atom stereocenters. The molecule has 30 heavy (non-hydrogen) atoms. The fraction of sp³-hybridized carbons (Fsp3) is 0.238. The molecule has 0 aliphatic rings. The number of hydrogen-bond acceptors (Lipinski definition) is 6. The maximum atomic E-state index is 13.0. The third-order valence-electron chi connectivity index (χ3n) is 4.22. The van der Waals surface area contributed by atoms with Crippen molar-refractivity contribution in [2.45, 2.75) is 24.3 Å². The molecule has 0 spiro atoms. The van der Waals surface area contributed by atoms with E-state index in [9.17, 15) is 18.0 Å². The number of rotatable bonds is 8. The lowest BCUT2D eigenvalue weighted by Crippen LogP contribution is -2.50. The zero-order chi connectivity index (χ0) is 22.1. The van der Waals surface area contributed by atoms with Crippen molar-refractivity contribution in [3.63, 3.8) is 0 Å². The topological polar surface area (TPSA) is 124 Å². The summed E-state index contributed by atoms with van der Waals surface area (Å²) in [7, 11) is -4.26. The van der Waals surface area contributed by atoms with Crippen LogP contribution in [0, 0.1) is 18.8 Å². The Balaban J connectivity index is 2.31. The lowest BCUT2D eigenvalue weighted by atomic mass is 10.1. The highest BCUT2D eigenvalue weighted by Gasteiger charge is 2.35. The van der Waals surface area contributed by atoms with Gasteiger partial charge in [-0.3, -0.25) is 10.0 Å². The number of carbonyl (C=O) groups excluding carboxylic acids is 2. The van der Waals surface area contributed by atoms with Crippen LogP contribution in [0.2, 0.25) is 0 Å². The molecular weight excluding hydrogens is 408 g/mol. The third-order valence-corrected chi connectivity index (χ3v) is 6.11.